The van der Waals surface area contributed by atoms with Crippen molar-refractivity contribution in [3.63, 3.8) is 0 Å². The van der Waals surface area contributed by atoms with Gasteiger partial charge in [0, 0.05) is 18.5 Å². The molecule has 100 valence electrons. The van der Waals surface area contributed by atoms with Crippen LogP contribution >= 0.6 is 0 Å². The first-order valence-electron chi connectivity index (χ1n) is 6.63. The Balaban J connectivity index is 1.74. The molecule has 0 unspecified atom stereocenters. The molecule has 3 rings (SSSR count). The minimum Gasteiger partial charge on any atom is -0.469 e. The molecule has 1 saturated carbocycles. The molecule has 2 aromatic rings. The summed E-state index contributed by atoms with van der Waals surface area (Å²) in [7, 11) is 0. The van der Waals surface area contributed by atoms with Crippen LogP contribution in [0.2, 0.25) is 0 Å². The van der Waals surface area contributed by atoms with E-state index in [1.807, 2.05) is 25.1 Å². The Labute approximate surface area is 112 Å². The van der Waals surface area contributed by atoms with E-state index < -0.39 is 0 Å². The number of anilines is 1. The van der Waals surface area contributed by atoms with E-state index in [1.165, 1.54) is 12.8 Å². The fourth-order valence-electron chi connectivity index (χ4n) is 1.85. The van der Waals surface area contributed by atoms with Crippen LogP contribution in [-0.4, -0.2) is 16.5 Å². The number of ether oxygens (including phenoxy) is 1. The number of rotatable bonds is 6. The second-order valence-electron chi connectivity index (χ2n) is 4.62. The largest absolute Gasteiger partial charge is 0.469 e. The smallest absolute Gasteiger partial charge is 0.219 e. The normalized spacial score (nSPS) is 14.4. The average Bonchev–Trinajstić information content (AvgIpc) is 3.14. The zero-order valence-electron chi connectivity index (χ0n) is 10.9. The Morgan fingerprint density at radius 1 is 1.42 bits per heavy atom. The van der Waals surface area contributed by atoms with Crippen LogP contribution in [0.15, 0.2) is 28.9 Å². The highest BCUT2D eigenvalue weighted by Gasteiger charge is 2.27. The van der Waals surface area contributed by atoms with Gasteiger partial charge in [-0.15, -0.1) is 0 Å². The Kier molecular flexibility index (Phi) is 3.35. The van der Waals surface area contributed by atoms with E-state index in [0.717, 1.165) is 23.9 Å². The molecule has 1 fully saturated rings. The van der Waals surface area contributed by atoms with Gasteiger partial charge in [0.05, 0.1) is 6.26 Å². The summed E-state index contributed by atoms with van der Waals surface area (Å²) in [5, 5.41) is 3.21. The monoisotopic (exact) mass is 259 g/mol. The van der Waals surface area contributed by atoms with Crippen LogP contribution < -0.4 is 10.1 Å². The van der Waals surface area contributed by atoms with Crippen molar-refractivity contribution in [1.29, 1.82) is 0 Å². The van der Waals surface area contributed by atoms with Gasteiger partial charge in [0.1, 0.15) is 24.0 Å². The highest BCUT2D eigenvalue weighted by molar-refractivity contribution is 5.39. The molecule has 2 heterocycles. The highest BCUT2D eigenvalue weighted by atomic mass is 16.5. The van der Waals surface area contributed by atoms with Crippen molar-refractivity contribution in [2.45, 2.75) is 32.3 Å². The van der Waals surface area contributed by atoms with E-state index in [-0.39, 0.29) is 0 Å². The molecule has 0 aromatic carbocycles. The fourth-order valence-corrected chi connectivity index (χ4v) is 1.85. The molecule has 0 spiro atoms. The van der Waals surface area contributed by atoms with Gasteiger partial charge in [0.2, 0.25) is 5.88 Å². The molecule has 0 radical (unpaired) electrons. The average molecular weight is 259 g/mol. The molecule has 0 aliphatic heterocycles. The van der Waals surface area contributed by atoms with Crippen molar-refractivity contribution >= 4 is 5.82 Å². The van der Waals surface area contributed by atoms with Gasteiger partial charge in [0.25, 0.3) is 0 Å². The van der Waals surface area contributed by atoms with Crippen LogP contribution in [0.3, 0.4) is 0 Å². The topological polar surface area (TPSA) is 60.2 Å². The highest BCUT2D eigenvalue weighted by Crippen LogP contribution is 2.39. The number of nitrogens with zero attached hydrogens (tertiary/aromatic N) is 2. The van der Waals surface area contributed by atoms with Crippen LogP contribution in [-0.2, 0) is 6.61 Å². The minimum absolute atomic E-state index is 0.389. The third kappa shape index (κ3) is 3.05. The van der Waals surface area contributed by atoms with Crippen LogP contribution in [0, 0.1) is 0 Å². The van der Waals surface area contributed by atoms with Gasteiger partial charge in [-0.25, -0.2) is 4.98 Å². The van der Waals surface area contributed by atoms with Gasteiger partial charge in [-0.1, -0.05) is 0 Å². The maximum Gasteiger partial charge on any atom is 0.219 e. The number of furan rings is 1. The molecule has 2 aromatic heterocycles. The summed E-state index contributed by atoms with van der Waals surface area (Å²) in [6, 6.07) is 5.56. The van der Waals surface area contributed by atoms with Gasteiger partial charge in [-0.05, 0) is 31.9 Å². The van der Waals surface area contributed by atoms with E-state index in [1.54, 1.807) is 6.26 Å². The molecule has 1 aliphatic rings. The Morgan fingerprint density at radius 2 is 2.32 bits per heavy atom. The number of aromatic nitrogens is 2. The summed E-state index contributed by atoms with van der Waals surface area (Å²) in [4.78, 5) is 8.97. The van der Waals surface area contributed by atoms with Crippen LogP contribution in [0.1, 0.15) is 37.3 Å². The lowest BCUT2D eigenvalue weighted by Gasteiger charge is -2.09. The summed E-state index contributed by atoms with van der Waals surface area (Å²) < 4.78 is 10.9. The quantitative estimate of drug-likeness (QED) is 0.864. The number of hydrogen-bond donors (Lipinski definition) is 1. The third-order valence-corrected chi connectivity index (χ3v) is 2.96. The molecule has 0 saturated heterocycles. The second-order valence-corrected chi connectivity index (χ2v) is 4.62. The molecule has 1 N–H and O–H groups in total. The summed E-state index contributed by atoms with van der Waals surface area (Å²) in [5.41, 5.74) is 0. The van der Waals surface area contributed by atoms with Gasteiger partial charge in [-0.3, -0.25) is 0 Å². The van der Waals surface area contributed by atoms with E-state index in [4.69, 9.17) is 9.15 Å². The molecule has 5 nitrogen and oxygen atoms in total. The van der Waals surface area contributed by atoms with Gasteiger partial charge >= 0.3 is 0 Å². The molecular weight excluding hydrogens is 242 g/mol. The van der Waals surface area contributed by atoms with E-state index in [2.05, 4.69) is 15.3 Å². The van der Waals surface area contributed by atoms with Crippen molar-refractivity contribution < 1.29 is 9.15 Å². The molecule has 0 bridgehead atoms. The van der Waals surface area contributed by atoms with Gasteiger partial charge in [-0.2, -0.15) is 4.98 Å². The number of hydrogen-bond acceptors (Lipinski definition) is 5. The number of nitrogens with one attached hydrogen (secondary N) is 1. The Hall–Kier alpha value is -2.04. The fraction of sp³-hybridized carbons (Fsp3) is 0.429. The van der Waals surface area contributed by atoms with E-state index in [9.17, 15) is 0 Å². The Morgan fingerprint density at radius 3 is 3.00 bits per heavy atom. The summed E-state index contributed by atoms with van der Waals surface area (Å²) in [6.07, 6.45) is 3.98. The van der Waals surface area contributed by atoms with Gasteiger partial charge in [0.15, 0.2) is 0 Å². The lowest BCUT2D eigenvalue weighted by Crippen LogP contribution is -2.05. The summed E-state index contributed by atoms with van der Waals surface area (Å²) >= 11 is 0. The van der Waals surface area contributed by atoms with Crippen molar-refractivity contribution in [2.24, 2.45) is 0 Å². The minimum atomic E-state index is 0.389. The predicted molar refractivity (Wildman–Crippen MR) is 71.2 cm³/mol. The first kappa shape index (κ1) is 12.0. The van der Waals surface area contributed by atoms with Crippen molar-refractivity contribution in [3.8, 4) is 5.88 Å². The lowest BCUT2D eigenvalue weighted by molar-refractivity contribution is 0.259. The molecule has 0 amide bonds. The summed E-state index contributed by atoms with van der Waals surface area (Å²) in [6.45, 7) is 3.26. The maximum atomic E-state index is 5.67. The first-order chi connectivity index (χ1) is 9.35. The standard InChI is InChI=1S/C14H17N3O2/c1-2-15-12-8-13(17-14(16-12)10-5-6-10)19-9-11-4-3-7-18-11/h3-4,7-8,10H,2,5-6,9H2,1H3,(H,15,16,17). The zero-order valence-corrected chi connectivity index (χ0v) is 10.9. The van der Waals surface area contributed by atoms with Crippen LogP contribution in [0.25, 0.3) is 0 Å². The van der Waals surface area contributed by atoms with Crippen LogP contribution in [0.5, 0.6) is 5.88 Å². The first-order valence-corrected chi connectivity index (χ1v) is 6.63. The third-order valence-electron chi connectivity index (χ3n) is 2.96. The predicted octanol–water partition coefficient (Wildman–Crippen LogP) is 2.96. The van der Waals surface area contributed by atoms with Gasteiger partial charge < -0.3 is 14.5 Å². The second kappa shape index (κ2) is 5.30. The lowest BCUT2D eigenvalue weighted by atomic mass is 10.4. The molecule has 19 heavy (non-hydrogen) atoms. The van der Waals surface area contributed by atoms with Crippen LogP contribution in [0.4, 0.5) is 5.82 Å². The van der Waals surface area contributed by atoms with Crippen molar-refractivity contribution in [2.75, 3.05) is 11.9 Å². The summed E-state index contributed by atoms with van der Waals surface area (Å²) in [5.74, 6) is 3.60. The molecule has 5 heteroatoms. The SMILES string of the molecule is CCNc1cc(OCc2ccco2)nc(C2CC2)n1. The van der Waals surface area contributed by atoms with Crippen molar-refractivity contribution in [3.05, 3.63) is 36.0 Å². The zero-order chi connectivity index (χ0) is 13.1. The van der Waals surface area contributed by atoms with E-state index in [0.29, 0.717) is 18.4 Å². The van der Waals surface area contributed by atoms with Crippen molar-refractivity contribution in [1.82, 2.24) is 9.97 Å². The molecule has 1 aliphatic carbocycles. The Bertz CT molecular complexity index is 536. The van der Waals surface area contributed by atoms with E-state index >= 15 is 0 Å². The molecular formula is C14H17N3O2. The molecule has 0 atom stereocenters. The maximum absolute atomic E-state index is 5.67.